The summed E-state index contributed by atoms with van der Waals surface area (Å²) >= 11 is 0. The summed E-state index contributed by atoms with van der Waals surface area (Å²) in [6.07, 6.45) is 1.75. The van der Waals surface area contributed by atoms with Crippen molar-refractivity contribution in [2.45, 2.75) is 20.8 Å². The van der Waals surface area contributed by atoms with Gasteiger partial charge in [-0.1, -0.05) is 44.2 Å². The van der Waals surface area contributed by atoms with Crippen molar-refractivity contribution in [3.63, 3.8) is 0 Å². The molecular weight excluding hydrogens is 326 g/mol. The van der Waals surface area contributed by atoms with Gasteiger partial charge in [-0.05, 0) is 49.0 Å². The molecule has 0 aliphatic rings. The zero-order valence-corrected chi connectivity index (χ0v) is 15.8. The molecule has 0 saturated heterocycles. The molecule has 0 aromatic heterocycles. The van der Waals surface area contributed by atoms with Gasteiger partial charge in [0.15, 0.2) is 11.5 Å². The van der Waals surface area contributed by atoms with Crippen molar-refractivity contribution in [3.8, 4) is 11.5 Å². The van der Waals surface area contributed by atoms with Gasteiger partial charge in [0, 0.05) is 13.5 Å². The van der Waals surface area contributed by atoms with E-state index in [1.807, 2.05) is 54.6 Å². The summed E-state index contributed by atoms with van der Waals surface area (Å²) in [5, 5.41) is 0. The highest BCUT2D eigenvalue weighted by Crippen LogP contribution is 2.21. The number of nitrogens with zero attached hydrogens (tertiary/aromatic N) is 1. The van der Waals surface area contributed by atoms with Crippen LogP contribution in [-0.2, 0) is 4.79 Å². The Morgan fingerprint density at radius 1 is 0.962 bits per heavy atom. The molecule has 138 valence electrons. The van der Waals surface area contributed by atoms with E-state index in [4.69, 9.17) is 9.47 Å². The number of allylic oxidation sites excluding steroid dienone is 1. The summed E-state index contributed by atoms with van der Waals surface area (Å²) in [7, 11) is 0. The van der Waals surface area contributed by atoms with Crippen LogP contribution < -0.4 is 9.47 Å². The molecule has 0 N–H and O–H groups in total. The lowest BCUT2D eigenvalue weighted by atomic mass is 10.2. The van der Waals surface area contributed by atoms with Gasteiger partial charge < -0.3 is 14.4 Å². The number of hydrogen-bond acceptors (Lipinski definition) is 4. The van der Waals surface area contributed by atoms with Crippen LogP contribution >= 0.6 is 0 Å². The second-order valence-corrected chi connectivity index (χ2v) is 5.92. The van der Waals surface area contributed by atoms with Crippen LogP contribution in [0.25, 0.3) is 6.08 Å². The normalized spacial score (nSPS) is 11.5. The number of carbonyl (C=O) groups is 1. The Bertz CT molecular complexity index is 704. The minimum absolute atomic E-state index is 0.117. The lowest BCUT2D eigenvalue weighted by Gasteiger charge is -2.18. The smallest absolute Gasteiger partial charge is 0.194 e. The van der Waals surface area contributed by atoms with Crippen LogP contribution in [0.3, 0.4) is 0 Å². The number of benzene rings is 2. The highest BCUT2D eigenvalue weighted by Gasteiger charge is 2.08. The lowest BCUT2D eigenvalue weighted by Crippen LogP contribution is -2.27. The molecule has 0 saturated carbocycles. The van der Waals surface area contributed by atoms with Crippen molar-refractivity contribution >= 4 is 11.9 Å². The minimum Gasteiger partial charge on any atom is -0.492 e. The molecule has 0 aliphatic carbocycles. The van der Waals surface area contributed by atoms with E-state index in [0.29, 0.717) is 18.1 Å². The summed E-state index contributed by atoms with van der Waals surface area (Å²) in [4.78, 5) is 14.2. The summed E-state index contributed by atoms with van der Waals surface area (Å²) in [6, 6.07) is 17.0. The Balaban J connectivity index is 1.96. The number of likely N-dealkylation sites (N-methyl/N-ethyl adjacent to an activating group) is 1. The number of ketones is 1. The largest absolute Gasteiger partial charge is 0.492 e. The monoisotopic (exact) mass is 353 g/mol. The number of Topliss-reactive ketones (excluding diaryl/α,β-unsaturated/α-hetero) is 1. The van der Waals surface area contributed by atoms with Crippen molar-refractivity contribution in [1.29, 1.82) is 0 Å². The van der Waals surface area contributed by atoms with Gasteiger partial charge in [-0.3, -0.25) is 4.79 Å². The molecule has 4 heteroatoms. The zero-order valence-electron chi connectivity index (χ0n) is 15.8. The maximum atomic E-state index is 11.9. The molecule has 0 radical (unpaired) electrons. The first-order valence-corrected chi connectivity index (χ1v) is 9.03. The fraction of sp³-hybridized carbons (Fsp3) is 0.318. The standard InChI is InChI=1S/C22H27NO3/c1-4-23(5-2)15-16-25-20-11-13-21(14-12-20)26-22(18(3)24)17-19-9-7-6-8-10-19/h6-14,17H,4-5,15-16H2,1-3H3/b22-17-. The van der Waals surface area contributed by atoms with Gasteiger partial charge >= 0.3 is 0 Å². The fourth-order valence-electron chi connectivity index (χ4n) is 2.47. The van der Waals surface area contributed by atoms with Crippen molar-refractivity contribution < 1.29 is 14.3 Å². The third kappa shape index (κ3) is 6.37. The SMILES string of the molecule is CCN(CC)CCOc1ccc(O/C(=C\c2ccccc2)C(C)=O)cc1. The van der Waals surface area contributed by atoms with E-state index in [1.165, 1.54) is 6.92 Å². The zero-order chi connectivity index (χ0) is 18.8. The molecule has 0 fully saturated rings. The molecule has 0 amide bonds. The first kappa shape index (κ1) is 19.7. The van der Waals surface area contributed by atoms with Crippen LogP contribution in [0, 0.1) is 0 Å². The Morgan fingerprint density at radius 3 is 2.15 bits per heavy atom. The first-order valence-electron chi connectivity index (χ1n) is 9.03. The van der Waals surface area contributed by atoms with Crippen LogP contribution in [0.2, 0.25) is 0 Å². The molecule has 0 unspecified atom stereocenters. The Hall–Kier alpha value is -2.59. The van der Waals surface area contributed by atoms with Gasteiger partial charge in [0.1, 0.15) is 18.1 Å². The predicted molar refractivity (Wildman–Crippen MR) is 105 cm³/mol. The third-order valence-corrected chi connectivity index (χ3v) is 4.07. The molecule has 0 atom stereocenters. The van der Waals surface area contributed by atoms with Gasteiger partial charge in [0.2, 0.25) is 0 Å². The summed E-state index contributed by atoms with van der Waals surface area (Å²) in [5.74, 6) is 1.60. The first-order chi connectivity index (χ1) is 12.6. The molecule has 2 aromatic carbocycles. The van der Waals surface area contributed by atoms with Gasteiger partial charge in [0.25, 0.3) is 0 Å². The molecule has 0 heterocycles. The van der Waals surface area contributed by atoms with Gasteiger partial charge in [-0.15, -0.1) is 0 Å². The van der Waals surface area contributed by atoms with Crippen molar-refractivity contribution in [2.75, 3.05) is 26.2 Å². The summed E-state index contributed by atoms with van der Waals surface area (Å²) < 4.78 is 11.5. The topological polar surface area (TPSA) is 38.8 Å². The van der Waals surface area contributed by atoms with Crippen LogP contribution in [0.4, 0.5) is 0 Å². The highest BCUT2D eigenvalue weighted by molar-refractivity contribution is 5.96. The second-order valence-electron chi connectivity index (χ2n) is 5.92. The predicted octanol–water partition coefficient (Wildman–Crippen LogP) is 4.42. The van der Waals surface area contributed by atoms with E-state index in [2.05, 4.69) is 18.7 Å². The van der Waals surface area contributed by atoms with Gasteiger partial charge in [-0.2, -0.15) is 0 Å². The van der Waals surface area contributed by atoms with E-state index >= 15 is 0 Å². The summed E-state index contributed by atoms with van der Waals surface area (Å²) in [5.41, 5.74) is 0.925. The van der Waals surface area contributed by atoms with Crippen LogP contribution in [0.1, 0.15) is 26.3 Å². The van der Waals surface area contributed by atoms with Crippen molar-refractivity contribution in [3.05, 3.63) is 65.9 Å². The molecule has 2 rings (SSSR count). The van der Waals surface area contributed by atoms with Gasteiger partial charge in [0.05, 0.1) is 0 Å². The van der Waals surface area contributed by atoms with E-state index in [9.17, 15) is 4.79 Å². The van der Waals surface area contributed by atoms with Crippen molar-refractivity contribution in [2.24, 2.45) is 0 Å². The second kappa shape index (κ2) is 10.4. The summed E-state index contributed by atoms with van der Waals surface area (Å²) in [6.45, 7) is 9.38. The molecular formula is C22H27NO3. The van der Waals surface area contributed by atoms with E-state index in [1.54, 1.807) is 6.08 Å². The molecule has 4 nitrogen and oxygen atoms in total. The Labute approximate surface area is 156 Å². The van der Waals surface area contributed by atoms with E-state index in [0.717, 1.165) is 30.9 Å². The Morgan fingerprint density at radius 2 is 1.58 bits per heavy atom. The number of rotatable bonds is 10. The fourth-order valence-corrected chi connectivity index (χ4v) is 2.47. The quantitative estimate of drug-likeness (QED) is 0.468. The third-order valence-electron chi connectivity index (χ3n) is 4.07. The highest BCUT2D eigenvalue weighted by atomic mass is 16.5. The maximum absolute atomic E-state index is 11.9. The average Bonchev–Trinajstić information content (AvgIpc) is 2.67. The lowest BCUT2D eigenvalue weighted by molar-refractivity contribution is -0.115. The van der Waals surface area contributed by atoms with Crippen LogP contribution in [-0.4, -0.2) is 36.9 Å². The molecule has 26 heavy (non-hydrogen) atoms. The van der Waals surface area contributed by atoms with Crippen LogP contribution in [0.5, 0.6) is 11.5 Å². The van der Waals surface area contributed by atoms with E-state index < -0.39 is 0 Å². The molecule has 0 aliphatic heterocycles. The average molecular weight is 353 g/mol. The maximum Gasteiger partial charge on any atom is 0.194 e. The van der Waals surface area contributed by atoms with Gasteiger partial charge in [-0.25, -0.2) is 0 Å². The van der Waals surface area contributed by atoms with Crippen molar-refractivity contribution in [1.82, 2.24) is 4.90 Å². The van der Waals surface area contributed by atoms with E-state index in [-0.39, 0.29) is 5.78 Å². The molecule has 0 bridgehead atoms. The number of hydrogen-bond donors (Lipinski definition) is 0. The Kier molecular flexibility index (Phi) is 7.90. The number of carbonyl (C=O) groups excluding carboxylic acids is 1. The molecule has 2 aromatic rings. The molecule has 0 spiro atoms. The number of ether oxygens (including phenoxy) is 2. The minimum atomic E-state index is -0.117. The van der Waals surface area contributed by atoms with Crippen LogP contribution in [0.15, 0.2) is 60.4 Å².